The smallest absolute Gasteiger partial charge is 0.136 e. The molecule has 0 spiro atoms. The first-order valence-electron chi connectivity index (χ1n) is 19.5. The Bertz CT molecular complexity index is 3210. The van der Waals surface area contributed by atoms with Gasteiger partial charge in [0.1, 0.15) is 11.2 Å². The number of furan rings is 1. The van der Waals surface area contributed by atoms with Crippen LogP contribution in [-0.2, 0) is 0 Å². The summed E-state index contributed by atoms with van der Waals surface area (Å²) in [6, 6.07) is 65.4. The summed E-state index contributed by atoms with van der Waals surface area (Å²) < 4.78 is 11.7. The molecule has 4 heterocycles. The van der Waals surface area contributed by atoms with Gasteiger partial charge in [0.25, 0.3) is 0 Å². The molecule has 0 aliphatic carbocycles. The van der Waals surface area contributed by atoms with Crippen molar-refractivity contribution in [2.75, 3.05) is 0 Å². The molecule has 5 nitrogen and oxygen atoms in total. The summed E-state index contributed by atoms with van der Waals surface area (Å²) in [6.45, 7) is 0. The molecule has 12 rings (SSSR count). The Kier molecular flexibility index (Phi) is 7.46. The molecule has 2 atom stereocenters. The van der Waals surface area contributed by atoms with Crippen LogP contribution in [0.15, 0.2) is 186 Å². The van der Waals surface area contributed by atoms with E-state index in [4.69, 9.17) is 4.42 Å². The van der Waals surface area contributed by atoms with Crippen molar-refractivity contribution in [3.63, 3.8) is 0 Å². The number of hydrogen-bond donors (Lipinski definition) is 3. The van der Waals surface area contributed by atoms with Crippen molar-refractivity contribution in [2.45, 2.75) is 18.5 Å². The zero-order chi connectivity index (χ0) is 37.5. The topological polar surface area (TPSA) is 54.2 Å². The fourth-order valence-corrected chi connectivity index (χ4v) is 10.3. The van der Waals surface area contributed by atoms with Crippen molar-refractivity contribution < 1.29 is 4.42 Å². The lowest BCUT2D eigenvalue weighted by Crippen LogP contribution is -2.54. The summed E-state index contributed by atoms with van der Waals surface area (Å²) in [7, 11) is 0. The van der Waals surface area contributed by atoms with Gasteiger partial charge in [-0.1, -0.05) is 140 Å². The van der Waals surface area contributed by atoms with E-state index in [0.717, 1.165) is 33.1 Å². The molecule has 0 bridgehead atoms. The molecule has 0 radical (unpaired) electrons. The molecule has 272 valence electrons. The van der Waals surface area contributed by atoms with Gasteiger partial charge in [-0.05, 0) is 70.3 Å². The van der Waals surface area contributed by atoms with Crippen molar-refractivity contribution in [3.8, 4) is 16.8 Å². The summed E-state index contributed by atoms with van der Waals surface area (Å²) in [6.07, 6.45) is -0.234. The highest BCUT2D eigenvalue weighted by Crippen LogP contribution is 2.43. The van der Waals surface area contributed by atoms with Gasteiger partial charge in [0.05, 0.1) is 39.9 Å². The number of thiophene rings is 1. The normalized spacial score (nSPS) is 17.4. The van der Waals surface area contributed by atoms with E-state index >= 15 is 0 Å². The van der Waals surface area contributed by atoms with Crippen molar-refractivity contribution >= 4 is 75.3 Å². The maximum atomic E-state index is 6.66. The predicted octanol–water partition coefficient (Wildman–Crippen LogP) is 12.9. The second kappa shape index (κ2) is 13.0. The quantitative estimate of drug-likeness (QED) is 0.164. The van der Waals surface area contributed by atoms with E-state index < -0.39 is 0 Å². The van der Waals surface area contributed by atoms with Gasteiger partial charge in [-0.25, -0.2) is 0 Å². The van der Waals surface area contributed by atoms with Crippen LogP contribution < -0.4 is 16.0 Å². The van der Waals surface area contributed by atoms with Gasteiger partial charge in [-0.15, -0.1) is 11.3 Å². The number of hydrogen-bond acceptors (Lipinski definition) is 5. The van der Waals surface area contributed by atoms with Crippen molar-refractivity contribution in [1.82, 2.24) is 20.5 Å². The highest BCUT2D eigenvalue weighted by Gasteiger charge is 2.31. The van der Waals surface area contributed by atoms with Crippen molar-refractivity contribution in [3.05, 3.63) is 199 Å². The fourth-order valence-electron chi connectivity index (χ4n) is 9.09. The third-order valence-electron chi connectivity index (χ3n) is 11.7. The molecule has 3 aromatic heterocycles. The SMILES string of the molecule is c1ccc(C2NC(c3ccccc3)NC(c3cccc4oc5cc(-c6ccc7c(c6)sc6c(-n8c9ccccc9c9ccccc98)cccc67)ccc5c34)N2)cc1. The first kappa shape index (κ1) is 32.7. The monoisotopic (exact) mass is 752 g/mol. The van der Waals surface area contributed by atoms with E-state index in [-0.39, 0.29) is 18.5 Å². The van der Waals surface area contributed by atoms with Gasteiger partial charge < -0.3 is 8.98 Å². The maximum absolute atomic E-state index is 6.66. The molecule has 0 saturated carbocycles. The van der Waals surface area contributed by atoms with Gasteiger partial charge >= 0.3 is 0 Å². The number of fused-ring (bicyclic) bond motifs is 9. The highest BCUT2D eigenvalue weighted by atomic mass is 32.1. The van der Waals surface area contributed by atoms with E-state index in [9.17, 15) is 0 Å². The van der Waals surface area contributed by atoms with Crippen molar-refractivity contribution in [1.29, 1.82) is 0 Å². The van der Waals surface area contributed by atoms with E-state index in [1.165, 1.54) is 64.4 Å². The molecule has 3 N–H and O–H groups in total. The number of nitrogens with zero attached hydrogens (tertiary/aromatic N) is 1. The molecular weight excluding hydrogens is 717 g/mol. The van der Waals surface area contributed by atoms with E-state index in [2.05, 4.69) is 203 Å². The lowest BCUT2D eigenvalue weighted by atomic mass is 9.98. The van der Waals surface area contributed by atoms with Crippen LogP contribution in [0.5, 0.6) is 0 Å². The van der Waals surface area contributed by atoms with E-state index in [1.54, 1.807) is 0 Å². The average molecular weight is 753 g/mol. The predicted molar refractivity (Wildman–Crippen MR) is 237 cm³/mol. The van der Waals surface area contributed by atoms with Crippen LogP contribution in [0.1, 0.15) is 35.2 Å². The summed E-state index contributed by atoms with van der Waals surface area (Å²) in [5, 5.41) is 18.9. The van der Waals surface area contributed by atoms with E-state index in [1.807, 2.05) is 11.3 Å². The van der Waals surface area contributed by atoms with Gasteiger partial charge in [0.15, 0.2) is 0 Å². The van der Waals surface area contributed by atoms with Gasteiger partial charge in [-0.3, -0.25) is 16.0 Å². The molecule has 57 heavy (non-hydrogen) atoms. The number of para-hydroxylation sites is 2. The third kappa shape index (κ3) is 5.27. The summed E-state index contributed by atoms with van der Waals surface area (Å²) in [4.78, 5) is 0. The Morgan fingerprint density at radius 2 is 1.02 bits per heavy atom. The summed E-state index contributed by atoms with van der Waals surface area (Å²) >= 11 is 1.87. The van der Waals surface area contributed by atoms with Crippen LogP contribution in [0.4, 0.5) is 0 Å². The van der Waals surface area contributed by atoms with Crippen molar-refractivity contribution in [2.24, 2.45) is 0 Å². The Morgan fingerprint density at radius 3 is 1.72 bits per heavy atom. The highest BCUT2D eigenvalue weighted by molar-refractivity contribution is 7.26. The third-order valence-corrected chi connectivity index (χ3v) is 12.9. The molecule has 2 unspecified atom stereocenters. The Balaban J connectivity index is 0.941. The fraction of sp³-hybridized carbons (Fsp3) is 0.0588. The van der Waals surface area contributed by atoms with E-state index in [0.29, 0.717) is 0 Å². The first-order valence-corrected chi connectivity index (χ1v) is 20.3. The lowest BCUT2D eigenvalue weighted by Gasteiger charge is -2.39. The first-order chi connectivity index (χ1) is 28.2. The summed E-state index contributed by atoms with van der Waals surface area (Å²) in [5.74, 6) is 0. The Morgan fingerprint density at radius 1 is 0.439 bits per heavy atom. The summed E-state index contributed by atoms with van der Waals surface area (Å²) in [5.41, 5.74) is 11.3. The Labute approximate surface area is 332 Å². The number of benzene rings is 8. The minimum atomic E-state index is -0.131. The zero-order valence-electron chi connectivity index (χ0n) is 30.8. The molecule has 6 heteroatoms. The minimum absolute atomic E-state index is 0.0513. The zero-order valence-corrected chi connectivity index (χ0v) is 31.6. The molecule has 1 fully saturated rings. The van der Waals surface area contributed by atoms with Crippen LogP contribution in [0.2, 0.25) is 0 Å². The van der Waals surface area contributed by atoms with Crippen LogP contribution in [0, 0.1) is 0 Å². The molecule has 11 aromatic rings. The number of rotatable bonds is 5. The minimum Gasteiger partial charge on any atom is -0.456 e. The Hall–Kier alpha value is -6.54. The molecule has 1 aliphatic heterocycles. The molecular formula is C51H36N4OS. The van der Waals surface area contributed by atoms with Gasteiger partial charge in [0.2, 0.25) is 0 Å². The molecule has 8 aromatic carbocycles. The second-order valence-corrected chi connectivity index (χ2v) is 16.0. The number of nitrogens with one attached hydrogen (secondary N) is 3. The number of aromatic nitrogens is 1. The lowest BCUT2D eigenvalue weighted by molar-refractivity contribution is 0.204. The van der Waals surface area contributed by atoms with Crippen LogP contribution in [0.3, 0.4) is 0 Å². The maximum Gasteiger partial charge on any atom is 0.136 e. The van der Waals surface area contributed by atoms with Crippen LogP contribution in [-0.4, -0.2) is 4.57 Å². The van der Waals surface area contributed by atoms with Gasteiger partial charge in [-0.2, -0.15) is 0 Å². The van der Waals surface area contributed by atoms with Gasteiger partial charge in [0, 0.05) is 37.0 Å². The van der Waals surface area contributed by atoms with Crippen LogP contribution in [0.25, 0.3) is 80.7 Å². The average Bonchev–Trinajstić information content (AvgIpc) is 3.96. The largest absolute Gasteiger partial charge is 0.456 e. The van der Waals surface area contributed by atoms with Crippen LogP contribution >= 0.6 is 11.3 Å². The second-order valence-electron chi connectivity index (χ2n) is 15.0. The standard InChI is InChI=1S/C51H36N4OS/c1-3-13-31(14-4-1)49-52-50(32-15-5-2-6-16-32)54-51(53-49)40-20-12-24-44-47(40)39-28-26-33(29-45(39)56-44)34-25-27-37-38-19-11-23-43(48(38)57-46(37)30-34)55-41-21-9-7-17-35(41)36-18-8-10-22-42(36)55/h1-30,49-54H. The molecule has 1 saturated heterocycles. The molecule has 0 amide bonds. The molecule has 1 aliphatic rings.